The number of fused-ring (bicyclic) bond motifs is 1. The number of nitrogens with zero attached hydrogens (tertiary/aromatic N) is 4. The topological polar surface area (TPSA) is 73.5 Å². The highest BCUT2D eigenvalue weighted by molar-refractivity contribution is 5.99. The summed E-state index contributed by atoms with van der Waals surface area (Å²) in [6.07, 6.45) is 6.67. The maximum Gasteiger partial charge on any atom is 0.272 e. The maximum absolute atomic E-state index is 12.9. The molecule has 0 aliphatic heterocycles. The largest absolute Gasteiger partial charge is 0.496 e. The molecule has 0 atom stereocenters. The standard InChI is InChI=1S/C22H23N5O2/c1-3-11-26-14-17(24-15-26)21-25-20(18-9-6-7-12-27(18)21)22(28)23-13-16-8-4-5-10-19(16)29-2/h4-10,12,14-15H,3,11,13H2,1-2H3,(H,23,28). The van der Waals surface area contributed by atoms with Crippen molar-refractivity contribution >= 4 is 11.4 Å². The monoisotopic (exact) mass is 389 g/mol. The van der Waals surface area contributed by atoms with E-state index < -0.39 is 0 Å². The zero-order chi connectivity index (χ0) is 20.2. The first-order valence-corrected chi connectivity index (χ1v) is 9.60. The number of benzene rings is 1. The van der Waals surface area contributed by atoms with Gasteiger partial charge in [0.25, 0.3) is 5.91 Å². The minimum atomic E-state index is -0.237. The van der Waals surface area contributed by atoms with E-state index in [0.717, 1.165) is 35.5 Å². The first-order valence-electron chi connectivity index (χ1n) is 9.60. The molecule has 7 heteroatoms. The minimum Gasteiger partial charge on any atom is -0.496 e. The van der Waals surface area contributed by atoms with Crippen LogP contribution < -0.4 is 10.1 Å². The molecule has 0 fully saturated rings. The lowest BCUT2D eigenvalue weighted by atomic mass is 10.2. The first kappa shape index (κ1) is 18.7. The van der Waals surface area contributed by atoms with Gasteiger partial charge >= 0.3 is 0 Å². The van der Waals surface area contributed by atoms with Crippen LogP contribution in [0.15, 0.2) is 61.2 Å². The van der Waals surface area contributed by atoms with E-state index in [2.05, 4.69) is 22.2 Å². The molecule has 0 saturated carbocycles. The zero-order valence-corrected chi connectivity index (χ0v) is 16.5. The summed E-state index contributed by atoms with van der Waals surface area (Å²) in [5.41, 5.74) is 2.76. The van der Waals surface area contributed by atoms with Gasteiger partial charge < -0.3 is 14.6 Å². The van der Waals surface area contributed by atoms with Crippen LogP contribution in [0.2, 0.25) is 0 Å². The van der Waals surface area contributed by atoms with Crippen molar-refractivity contribution in [3.8, 4) is 17.3 Å². The minimum absolute atomic E-state index is 0.237. The number of aryl methyl sites for hydroxylation is 1. The number of hydrogen-bond donors (Lipinski definition) is 1. The maximum atomic E-state index is 12.9. The molecule has 0 aliphatic carbocycles. The van der Waals surface area contributed by atoms with Crippen LogP contribution >= 0.6 is 0 Å². The lowest BCUT2D eigenvalue weighted by Gasteiger charge is -2.08. The number of amides is 1. The van der Waals surface area contributed by atoms with Gasteiger partial charge in [0.2, 0.25) is 0 Å². The van der Waals surface area contributed by atoms with Crippen molar-refractivity contribution in [3.05, 3.63) is 72.4 Å². The molecule has 1 amide bonds. The van der Waals surface area contributed by atoms with Crippen LogP contribution in [-0.2, 0) is 13.1 Å². The highest BCUT2D eigenvalue weighted by atomic mass is 16.5. The van der Waals surface area contributed by atoms with Crippen LogP contribution in [0, 0.1) is 0 Å². The van der Waals surface area contributed by atoms with E-state index in [1.165, 1.54) is 0 Å². The van der Waals surface area contributed by atoms with Gasteiger partial charge in [-0.15, -0.1) is 0 Å². The van der Waals surface area contributed by atoms with Gasteiger partial charge in [0.1, 0.15) is 11.4 Å². The Morgan fingerprint density at radius 3 is 2.83 bits per heavy atom. The van der Waals surface area contributed by atoms with E-state index in [9.17, 15) is 4.79 Å². The molecule has 0 aliphatic rings. The van der Waals surface area contributed by atoms with E-state index in [4.69, 9.17) is 4.74 Å². The number of aromatic nitrogens is 4. The van der Waals surface area contributed by atoms with E-state index >= 15 is 0 Å². The third-order valence-electron chi connectivity index (χ3n) is 4.74. The SMILES string of the molecule is CCCn1cnc(-c2nc(C(=O)NCc3ccccc3OC)c3ccccn23)c1. The van der Waals surface area contributed by atoms with Crippen LogP contribution in [0.3, 0.4) is 0 Å². The van der Waals surface area contributed by atoms with Gasteiger partial charge in [-0.25, -0.2) is 9.97 Å². The molecule has 4 aromatic rings. The van der Waals surface area contributed by atoms with E-state index in [0.29, 0.717) is 18.1 Å². The van der Waals surface area contributed by atoms with Crippen molar-refractivity contribution in [1.29, 1.82) is 0 Å². The molecule has 0 spiro atoms. The number of pyridine rings is 1. The fourth-order valence-electron chi connectivity index (χ4n) is 3.35. The van der Waals surface area contributed by atoms with Crippen LogP contribution in [0.25, 0.3) is 17.0 Å². The molecule has 0 saturated heterocycles. The average molecular weight is 389 g/mol. The molecule has 3 heterocycles. The molecule has 0 unspecified atom stereocenters. The fourth-order valence-corrected chi connectivity index (χ4v) is 3.35. The van der Waals surface area contributed by atoms with Crippen LogP contribution in [-0.4, -0.2) is 32.0 Å². The van der Waals surface area contributed by atoms with Crippen molar-refractivity contribution in [2.24, 2.45) is 0 Å². The molecule has 7 nitrogen and oxygen atoms in total. The number of carbonyl (C=O) groups is 1. The first-order chi connectivity index (χ1) is 14.2. The Morgan fingerprint density at radius 2 is 2.00 bits per heavy atom. The summed E-state index contributed by atoms with van der Waals surface area (Å²) in [4.78, 5) is 22.0. The molecule has 0 radical (unpaired) electrons. The predicted octanol–water partition coefficient (Wildman–Crippen LogP) is 3.55. The third-order valence-corrected chi connectivity index (χ3v) is 4.74. The molecule has 3 aromatic heterocycles. The summed E-state index contributed by atoms with van der Waals surface area (Å²) in [5, 5.41) is 2.95. The number of carbonyl (C=O) groups excluding carboxylic acids is 1. The van der Waals surface area contributed by atoms with Crippen LogP contribution in [0.1, 0.15) is 29.4 Å². The van der Waals surface area contributed by atoms with Gasteiger partial charge in [-0.05, 0) is 24.6 Å². The van der Waals surface area contributed by atoms with E-state index in [-0.39, 0.29) is 5.91 Å². The number of ether oxygens (including phenoxy) is 1. The van der Waals surface area contributed by atoms with Crippen molar-refractivity contribution in [2.75, 3.05) is 7.11 Å². The summed E-state index contributed by atoms with van der Waals surface area (Å²) >= 11 is 0. The van der Waals surface area contributed by atoms with Crippen LogP contribution in [0.5, 0.6) is 5.75 Å². The molecule has 0 bridgehead atoms. The predicted molar refractivity (Wildman–Crippen MR) is 111 cm³/mol. The van der Waals surface area contributed by atoms with Gasteiger partial charge in [0, 0.05) is 31.0 Å². The highest BCUT2D eigenvalue weighted by Gasteiger charge is 2.19. The second-order valence-corrected chi connectivity index (χ2v) is 6.73. The number of imidazole rings is 2. The van der Waals surface area contributed by atoms with Gasteiger partial charge in [-0.3, -0.25) is 9.20 Å². The summed E-state index contributed by atoms with van der Waals surface area (Å²) in [6.45, 7) is 3.37. The van der Waals surface area contributed by atoms with Crippen LogP contribution in [0.4, 0.5) is 0 Å². The lowest BCUT2D eigenvalue weighted by Crippen LogP contribution is -2.23. The smallest absolute Gasteiger partial charge is 0.272 e. The lowest BCUT2D eigenvalue weighted by molar-refractivity contribution is 0.0948. The number of rotatable bonds is 7. The molecule has 1 N–H and O–H groups in total. The van der Waals surface area contributed by atoms with Crippen molar-refractivity contribution in [1.82, 2.24) is 24.3 Å². The number of hydrogen-bond acceptors (Lipinski definition) is 4. The summed E-state index contributed by atoms with van der Waals surface area (Å²) < 4.78 is 9.28. The Balaban J connectivity index is 1.64. The fraction of sp³-hybridized carbons (Fsp3) is 0.227. The van der Waals surface area contributed by atoms with Gasteiger partial charge in [-0.1, -0.05) is 31.2 Å². The quantitative estimate of drug-likeness (QED) is 0.525. The number of para-hydroxylation sites is 1. The van der Waals surface area contributed by atoms with Gasteiger partial charge in [-0.2, -0.15) is 0 Å². The van der Waals surface area contributed by atoms with Crippen molar-refractivity contribution in [2.45, 2.75) is 26.4 Å². The van der Waals surface area contributed by atoms with Crippen molar-refractivity contribution < 1.29 is 9.53 Å². The summed E-state index contributed by atoms with van der Waals surface area (Å²) in [7, 11) is 1.62. The van der Waals surface area contributed by atoms with Gasteiger partial charge in [0.15, 0.2) is 11.5 Å². The molecular weight excluding hydrogens is 366 g/mol. The summed E-state index contributed by atoms with van der Waals surface area (Å²) in [6, 6.07) is 13.3. The van der Waals surface area contributed by atoms with Gasteiger partial charge in [0.05, 0.1) is 19.0 Å². The second-order valence-electron chi connectivity index (χ2n) is 6.73. The Bertz CT molecular complexity index is 1150. The molecule has 148 valence electrons. The highest BCUT2D eigenvalue weighted by Crippen LogP contribution is 2.22. The Hall–Kier alpha value is -3.61. The normalized spacial score (nSPS) is 11.0. The van der Waals surface area contributed by atoms with Crippen molar-refractivity contribution in [3.63, 3.8) is 0 Å². The number of nitrogens with one attached hydrogen (secondary N) is 1. The second kappa shape index (κ2) is 8.18. The number of methoxy groups -OCH3 is 1. The summed E-state index contributed by atoms with van der Waals surface area (Å²) in [5.74, 6) is 1.15. The van der Waals surface area contributed by atoms with E-state index in [1.54, 1.807) is 13.4 Å². The zero-order valence-electron chi connectivity index (χ0n) is 16.5. The van der Waals surface area contributed by atoms with E-state index in [1.807, 2.05) is 63.8 Å². The Labute approximate surface area is 169 Å². The average Bonchev–Trinajstić information content (AvgIpc) is 3.37. The molecule has 29 heavy (non-hydrogen) atoms. The third kappa shape index (κ3) is 3.71. The molecule has 4 rings (SSSR count). The Morgan fingerprint density at radius 1 is 1.17 bits per heavy atom. The Kier molecular flexibility index (Phi) is 5.29. The molecule has 1 aromatic carbocycles. The molecular formula is C22H23N5O2.